The molecular weight excluding hydrogens is 366 g/mol. The number of para-hydroxylation sites is 1. The number of amides is 1. The summed E-state index contributed by atoms with van der Waals surface area (Å²) in [7, 11) is 1.60. The normalized spacial score (nSPS) is 16.7. The molecule has 1 unspecified atom stereocenters. The maximum atomic E-state index is 12.4. The molecule has 0 bridgehead atoms. The average molecular weight is 384 g/mol. The van der Waals surface area contributed by atoms with E-state index in [9.17, 15) is 4.79 Å². The molecule has 1 aromatic heterocycles. The van der Waals surface area contributed by atoms with Crippen LogP contribution in [0.5, 0.6) is 5.75 Å². The van der Waals surface area contributed by atoms with Crippen molar-refractivity contribution in [2.75, 3.05) is 13.7 Å². The largest absolute Gasteiger partial charge is 0.496 e. The molecule has 7 heteroatoms. The Hall–Kier alpha value is -2.86. The molecule has 0 saturated carbocycles. The van der Waals surface area contributed by atoms with E-state index in [0.717, 1.165) is 11.1 Å². The standard InChI is InChI=1S/C20H18ClN3O3/c1-26-17-5-3-2-4-16(17)20-22-19(23-27-20)14-10-18(25)24(12-14)11-13-6-8-15(21)9-7-13/h2-9,14H,10-12H2,1H3. The van der Waals surface area contributed by atoms with Crippen LogP contribution in [0.4, 0.5) is 0 Å². The van der Waals surface area contributed by atoms with Crippen LogP contribution in [0.25, 0.3) is 11.5 Å². The van der Waals surface area contributed by atoms with Crippen LogP contribution in [0.2, 0.25) is 5.02 Å². The summed E-state index contributed by atoms with van der Waals surface area (Å²) in [4.78, 5) is 18.7. The number of methoxy groups -OCH3 is 1. The molecule has 0 aliphatic carbocycles. The van der Waals surface area contributed by atoms with Gasteiger partial charge in [-0.25, -0.2) is 0 Å². The second kappa shape index (κ2) is 7.40. The first-order valence-electron chi connectivity index (χ1n) is 8.63. The molecule has 1 aliphatic rings. The lowest BCUT2D eigenvalue weighted by molar-refractivity contribution is -0.128. The number of benzene rings is 2. The molecular formula is C20H18ClN3O3. The smallest absolute Gasteiger partial charge is 0.261 e. The highest BCUT2D eigenvalue weighted by molar-refractivity contribution is 6.30. The van der Waals surface area contributed by atoms with Gasteiger partial charge in [0.2, 0.25) is 5.91 Å². The van der Waals surface area contributed by atoms with Crippen LogP contribution in [0, 0.1) is 0 Å². The van der Waals surface area contributed by atoms with Gasteiger partial charge in [0.1, 0.15) is 5.75 Å². The van der Waals surface area contributed by atoms with Crippen molar-refractivity contribution in [1.29, 1.82) is 0 Å². The van der Waals surface area contributed by atoms with E-state index in [4.69, 9.17) is 20.9 Å². The lowest BCUT2D eigenvalue weighted by atomic mass is 10.1. The molecule has 138 valence electrons. The Morgan fingerprint density at radius 3 is 2.78 bits per heavy atom. The third-order valence-electron chi connectivity index (χ3n) is 4.65. The van der Waals surface area contributed by atoms with Gasteiger partial charge in [-0.3, -0.25) is 4.79 Å². The van der Waals surface area contributed by atoms with Gasteiger partial charge in [0, 0.05) is 30.5 Å². The summed E-state index contributed by atoms with van der Waals surface area (Å²) in [5.74, 6) is 1.60. The van der Waals surface area contributed by atoms with Crippen molar-refractivity contribution in [2.24, 2.45) is 0 Å². The zero-order chi connectivity index (χ0) is 18.8. The Labute approximate surface area is 161 Å². The van der Waals surface area contributed by atoms with Gasteiger partial charge < -0.3 is 14.2 Å². The van der Waals surface area contributed by atoms with Crippen LogP contribution in [-0.2, 0) is 11.3 Å². The highest BCUT2D eigenvalue weighted by atomic mass is 35.5. The summed E-state index contributed by atoms with van der Waals surface area (Å²) < 4.78 is 10.8. The molecule has 1 atom stereocenters. The molecule has 1 aliphatic heterocycles. The fraction of sp³-hybridized carbons (Fsp3) is 0.250. The summed E-state index contributed by atoms with van der Waals surface area (Å²) in [6, 6.07) is 15.0. The number of carbonyl (C=O) groups is 1. The van der Waals surface area contributed by atoms with Crippen molar-refractivity contribution in [2.45, 2.75) is 18.9 Å². The number of likely N-dealkylation sites (tertiary alicyclic amines) is 1. The van der Waals surface area contributed by atoms with E-state index >= 15 is 0 Å². The van der Waals surface area contributed by atoms with Gasteiger partial charge in [-0.1, -0.05) is 41.0 Å². The van der Waals surface area contributed by atoms with Gasteiger partial charge in [0.25, 0.3) is 5.89 Å². The van der Waals surface area contributed by atoms with Gasteiger partial charge in [0.15, 0.2) is 5.82 Å². The Bertz CT molecular complexity index is 955. The molecule has 6 nitrogen and oxygen atoms in total. The number of aromatic nitrogens is 2. The molecule has 0 radical (unpaired) electrons. The van der Waals surface area contributed by atoms with E-state index in [2.05, 4.69) is 10.1 Å². The predicted octanol–water partition coefficient (Wildman–Crippen LogP) is 3.91. The third kappa shape index (κ3) is 3.66. The van der Waals surface area contributed by atoms with Crippen molar-refractivity contribution >= 4 is 17.5 Å². The Morgan fingerprint density at radius 2 is 2.00 bits per heavy atom. The lowest BCUT2D eigenvalue weighted by Crippen LogP contribution is -2.24. The highest BCUT2D eigenvalue weighted by Gasteiger charge is 2.34. The zero-order valence-corrected chi connectivity index (χ0v) is 15.5. The summed E-state index contributed by atoms with van der Waals surface area (Å²) in [6.45, 7) is 1.11. The number of hydrogen-bond donors (Lipinski definition) is 0. The molecule has 27 heavy (non-hydrogen) atoms. The Balaban J connectivity index is 1.49. The molecule has 3 aromatic rings. The summed E-state index contributed by atoms with van der Waals surface area (Å²) in [5.41, 5.74) is 1.78. The van der Waals surface area contributed by atoms with Crippen molar-refractivity contribution < 1.29 is 14.1 Å². The van der Waals surface area contributed by atoms with Crippen LogP contribution in [0.3, 0.4) is 0 Å². The van der Waals surface area contributed by atoms with Gasteiger partial charge >= 0.3 is 0 Å². The predicted molar refractivity (Wildman–Crippen MR) is 101 cm³/mol. The summed E-state index contributed by atoms with van der Waals surface area (Å²) in [6.07, 6.45) is 0.373. The lowest BCUT2D eigenvalue weighted by Gasteiger charge is -2.16. The number of hydrogen-bond acceptors (Lipinski definition) is 5. The van der Waals surface area contributed by atoms with E-state index in [0.29, 0.717) is 42.0 Å². The van der Waals surface area contributed by atoms with Crippen molar-refractivity contribution in [3.63, 3.8) is 0 Å². The Kier molecular flexibility index (Phi) is 4.81. The topological polar surface area (TPSA) is 68.5 Å². The second-order valence-corrected chi connectivity index (χ2v) is 6.90. The van der Waals surface area contributed by atoms with E-state index in [1.807, 2.05) is 53.4 Å². The number of rotatable bonds is 5. The van der Waals surface area contributed by atoms with Crippen molar-refractivity contribution in [1.82, 2.24) is 15.0 Å². The number of nitrogens with zero attached hydrogens (tertiary/aromatic N) is 3. The fourth-order valence-corrected chi connectivity index (χ4v) is 3.37. The monoisotopic (exact) mass is 383 g/mol. The zero-order valence-electron chi connectivity index (χ0n) is 14.8. The highest BCUT2D eigenvalue weighted by Crippen LogP contribution is 2.32. The van der Waals surface area contributed by atoms with Crippen LogP contribution < -0.4 is 4.74 Å². The first-order chi connectivity index (χ1) is 13.1. The maximum Gasteiger partial charge on any atom is 0.261 e. The van der Waals surface area contributed by atoms with E-state index in [1.165, 1.54) is 0 Å². The second-order valence-electron chi connectivity index (χ2n) is 6.46. The number of ether oxygens (including phenoxy) is 1. The summed E-state index contributed by atoms with van der Waals surface area (Å²) in [5, 5.41) is 4.78. The van der Waals surface area contributed by atoms with E-state index in [-0.39, 0.29) is 11.8 Å². The van der Waals surface area contributed by atoms with Crippen molar-refractivity contribution in [3.05, 3.63) is 64.9 Å². The summed E-state index contributed by atoms with van der Waals surface area (Å²) >= 11 is 5.92. The van der Waals surface area contributed by atoms with E-state index in [1.54, 1.807) is 7.11 Å². The molecule has 2 aromatic carbocycles. The number of halogens is 1. The minimum atomic E-state index is -0.0861. The van der Waals surface area contributed by atoms with Crippen molar-refractivity contribution in [3.8, 4) is 17.2 Å². The first-order valence-corrected chi connectivity index (χ1v) is 9.01. The van der Waals surface area contributed by atoms with Gasteiger partial charge in [-0.05, 0) is 29.8 Å². The fourth-order valence-electron chi connectivity index (χ4n) is 3.24. The quantitative estimate of drug-likeness (QED) is 0.668. The van der Waals surface area contributed by atoms with Crippen LogP contribution in [-0.4, -0.2) is 34.6 Å². The number of carbonyl (C=O) groups excluding carboxylic acids is 1. The minimum Gasteiger partial charge on any atom is -0.496 e. The average Bonchev–Trinajstić information content (AvgIpc) is 3.31. The molecule has 4 rings (SSSR count). The minimum absolute atomic E-state index is 0.0820. The van der Waals surface area contributed by atoms with E-state index < -0.39 is 0 Å². The van der Waals surface area contributed by atoms with Gasteiger partial charge in [0.05, 0.1) is 12.7 Å². The van der Waals surface area contributed by atoms with Crippen LogP contribution >= 0.6 is 11.6 Å². The maximum absolute atomic E-state index is 12.4. The molecule has 1 saturated heterocycles. The Morgan fingerprint density at radius 1 is 1.22 bits per heavy atom. The molecule has 2 heterocycles. The first kappa shape index (κ1) is 17.5. The van der Waals surface area contributed by atoms with Crippen LogP contribution in [0.1, 0.15) is 23.7 Å². The third-order valence-corrected chi connectivity index (χ3v) is 4.90. The molecule has 1 fully saturated rings. The van der Waals surface area contributed by atoms with Crippen LogP contribution in [0.15, 0.2) is 53.1 Å². The van der Waals surface area contributed by atoms with Gasteiger partial charge in [-0.15, -0.1) is 0 Å². The molecule has 0 N–H and O–H groups in total. The molecule has 0 spiro atoms. The SMILES string of the molecule is COc1ccccc1-c1nc(C2CC(=O)N(Cc3ccc(Cl)cc3)C2)no1. The molecule has 1 amide bonds. The van der Waals surface area contributed by atoms with Gasteiger partial charge in [-0.2, -0.15) is 4.98 Å².